The SMILES string of the molecule is Cc1cc(Nc2nc(Cc3cc(C)c(C4CCN(C(=O)CN5CCC5)CC4)cc3F)ncc2Cl)n[nH]1.Cc1cc(Nc2nc(Cc3cc(C)c(C4CCN(C(=O)CN5CCCC5)CC4)cc3F)ncc2Cl)n[nH]1.Cc1cc(Nc2nc(Cc3cc(C)c(C4CCN(C(=O)CN5CCOCC5)CC4)cc3F)ncc2Cl)n[nH]1.Cc1cc(Nc2nc(Cc3cc(C)c(C4CCN(C(=O)Cn5cccc5)CC4)cc3F)ncc2Cl)n[nH]1. The Hall–Kier alpha value is -12.9. The average Bonchev–Trinajstić information content (AvgIpc) is 1.13. The predicted octanol–water partition coefficient (Wildman–Crippen LogP) is 18.2. The number of morpholine rings is 1. The maximum Gasteiger partial charge on any atom is 0.242 e. The van der Waals surface area contributed by atoms with Crippen LogP contribution < -0.4 is 21.3 Å². The van der Waals surface area contributed by atoms with Crippen molar-refractivity contribution in [1.82, 2.24) is 120 Å². The molecule has 780 valence electrons. The molecule has 7 fully saturated rings. The molecule has 8 N–H and O–H groups in total. The number of amides is 4. The summed E-state index contributed by atoms with van der Waals surface area (Å²) in [7, 11) is 0. The number of H-pyrrole nitrogens is 4. The molecule has 0 spiro atoms. The van der Waals surface area contributed by atoms with Gasteiger partial charge in [0.2, 0.25) is 23.6 Å². The fraction of sp³-hybridized carbons (Fsp3) is 0.439. The predicted molar refractivity (Wildman–Crippen MR) is 563 cm³/mol. The highest BCUT2D eigenvalue weighted by Crippen LogP contribution is 2.40. The second-order valence-electron chi connectivity index (χ2n) is 39.6. The molecule has 16 heterocycles. The Balaban J connectivity index is 0.000000135. The fourth-order valence-electron chi connectivity index (χ4n) is 20.3. The summed E-state index contributed by atoms with van der Waals surface area (Å²) in [5, 5.41) is 41.7. The van der Waals surface area contributed by atoms with E-state index in [1.54, 1.807) is 24.3 Å². The van der Waals surface area contributed by atoms with Crippen molar-refractivity contribution in [3.05, 3.63) is 278 Å². The molecule has 0 radical (unpaired) electrons. The Kier molecular flexibility index (Phi) is 35.6. The van der Waals surface area contributed by atoms with Gasteiger partial charge in [-0.2, -0.15) is 20.4 Å². The number of aryl methyl sites for hydroxylation is 8. The number of ether oxygens (including phenoxy) is 1. The zero-order valence-electron chi connectivity index (χ0n) is 84.6. The molecule has 148 heavy (non-hydrogen) atoms. The topological polar surface area (TPSA) is 371 Å². The lowest BCUT2D eigenvalue weighted by Gasteiger charge is -2.36. The molecule has 0 aliphatic carbocycles. The second kappa shape index (κ2) is 49.5. The molecule has 7 aliphatic heterocycles. The summed E-state index contributed by atoms with van der Waals surface area (Å²) in [6, 6.07) is 25.4. The van der Waals surface area contributed by atoms with Crippen molar-refractivity contribution in [2.24, 2.45) is 0 Å². The van der Waals surface area contributed by atoms with Crippen LogP contribution in [0.3, 0.4) is 0 Å². The van der Waals surface area contributed by atoms with Crippen LogP contribution in [0.25, 0.3) is 0 Å². The number of carbonyl (C=O) groups excluding carboxylic acids is 4. The number of aromatic nitrogens is 17. The number of likely N-dealkylation sites (tertiary alicyclic amines) is 6. The number of hydrogen-bond acceptors (Lipinski definition) is 24. The molecular weight excluding hydrogens is 1980 g/mol. The first-order valence-electron chi connectivity index (χ1n) is 50.8. The van der Waals surface area contributed by atoms with E-state index in [0.717, 1.165) is 184 Å². The van der Waals surface area contributed by atoms with Gasteiger partial charge in [0.15, 0.2) is 46.5 Å². The number of nitrogens with one attached hydrogen (secondary N) is 8. The van der Waals surface area contributed by atoms with E-state index in [9.17, 15) is 19.2 Å². The summed E-state index contributed by atoms with van der Waals surface area (Å²) < 4.78 is 68.2. The molecule has 7 aliphatic rings. The van der Waals surface area contributed by atoms with Crippen LogP contribution in [0.2, 0.25) is 20.1 Å². The summed E-state index contributed by atoms with van der Waals surface area (Å²) in [5.41, 5.74) is 14.0. The van der Waals surface area contributed by atoms with Gasteiger partial charge >= 0.3 is 0 Å². The van der Waals surface area contributed by atoms with Gasteiger partial charge in [-0.25, -0.2) is 57.4 Å². The average molecular weight is 2100 g/mol. The van der Waals surface area contributed by atoms with Crippen molar-refractivity contribution in [3.8, 4) is 0 Å². The van der Waals surface area contributed by atoms with Crippen molar-refractivity contribution >= 4 is 117 Å². The van der Waals surface area contributed by atoms with Gasteiger partial charge in [0.25, 0.3) is 0 Å². The van der Waals surface area contributed by atoms with Gasteiger partial charge in [0.1, 0.15) is 73.2 Å². The van der Waals surface area contributed by atoms with E-state index in [2.05, 4.69) is 117 Å². The van der Waals surface area contributed by atoms with E-state index in [-0.39, 0.29) is 96.3 Å². The third-order valence-corrected chi connectivity index (χ3v) is 29.7. The minimum Gasteiger partial charge on any atom is -0.379 e. The Bertz CT molecular complexity index is 6800. The molecule has 7 saturated heterocycles. The third kappa shape index (κ3) is 28.2. The Morgan fingerprint density at radius 3 is 0.811 bits per heavy atom. The molecule has 13 aromatic rings. The molecule has 41 heteroatoms. The Morgan fingerprint density at radius 1 is 0.331 bits per heavy atom. The van der Waals surface area contributed by atoms with Crippen molar-refractivity contribution in [2.45, 2.75) is 182 Å². The van der Waals surface area contributed by atoms with Gasteiger partial charge in [-0.3, -0.25) is 54.3 Å². The lowest BCUT2D eigenvalue weighted by Crippen LogP contribution is -2.47. The number of halogens is 8. The van der Waals surface area contributed by atoms with Crippen molar-refractivity contribution in [2.75, 3.05) is 146 Å². The highest BCUT2D eigenvalue weighted by Gasteiger charge is 2.34. The summed E-state index contributed by atoms with van der Waals surface area (Å²) >= 11 is 25.0. The second-order valence-corrected chi connectivity index (χ2v) is 41.2. The largest absolute Gasteiger partial charge is 0.379 e. The Morgan fingerprint density at radius 2 is 0.574 bits per heavy atom. The first-order valence-corrected chi connectivity index (χ1v) is 52.3. The number of rotatable bonds is 28. The molecule has 9 aromatic heterocycles. The fourth-order valence-corrected chi connectivity index (χ4v) is 20.9. The first kappa shape index (κ1) is 106. The van der Waals surface area contributed by atoms with Gasteiger partial charge in [-0.05, 0) is 279 Å². The van der Waals surface area contributed by atoms with Gasteiger partial charge in [0.05, 0.1) is 57.6 Å². The maximum absolute atomic E-state index is 15.3. The van der Waals surface area contributed by atoms with Crippen LogP contribution in [0.15, 0.2) is 122 Å². The van der Waals surface area contributed by atoms with Crippen molar-refractivity contribution in [1.29, 1.82) is 0 Å². The number of aromatic amines is 4. The minimum atomic E-state index is -0.275. The zero-order chi connectivity index (χ0) is 104. The standard InChI is InChI=1S/C27H33ClFN7O2.C27H33ClFN7O.C27H29ClFN7O.C26H31ClFN7O/c1-17-11-20(13-24-30-15-22(28)27(31-24)32-25-12-18(2)33-34-25)23(29)14-21(17)19-3-5-36(6-4-19)26(37)16-35-7-9-38-10-8-35;2*1-17-11-20(13-24-30-15-22(28)27(31-24)32-25-12-18(2)33-34-25)23(29)14-21(17)19-5-9-36(10-6-19)26(37)16-35-7-3-4-8-35;1-16-10-19(12-23-29-14-21(27)26(30-23)31-24-11-17(2)32-33-24)22(28)13-20(16)18-4-8-35(9-5-18)25(36)15-34-6-3-7-34/h11-12,14-15,19H,3-10,13,16H2,1-2H3,(H2,30,31,32,33,34);11-12,14-15,19H,3-10,13,16H2,1-2H3,(H2,30,31,32,33,34);3-4,7-8,11-12,14-15,19H,5-6,9-10,13,16H2,1-2H3,(H2,30,31,32,33,34);10-11,13-14,18H,3-9,12,15H2,1-2H3,(H2,29,30,31,32,33). The summed E-state index contributed by atoms with van der Waals surface area (Å²) in [5.74, 6) is 6.53. The number of anilines is 8. The number of piperidine rings is 4. The molecule has 33 nitrogen and oxygen atoms in total. The maximum atomic E-state index is 15.3. The molecular formula is C107H126Cl4F4N28O5. The third-order valence-electron chi connectivity index (χ3n) is 28.6. The van der Waals surface area contributed by atoms with Crippen LogP contribution in [0.5, 0.6) is 0 Å². The molecule has 0 bridgehead atoms. The highest BCUT2D eigenvalue weighted by molar-refractivity contribution is 6.34. The van der Waals surface area contributed by atoms with E-state index in [4.69, 9.17) is 51.1 Å². The monoisotopic (exact) mass is 2100 g/mol. The molecule has 0 saturated carbocycles. The molecule has 0 atom stereocenters. The van der Waals surface area contributed by atoms with E-state index >= 15 is 17.6 Å². The number of nitrogens with zero attached hydrogens (tertiary/aromatic N) is 20. The summed E-state index contributed by atoms with van der Waals surface area (Å²) in [6.07, 6.45) is 21.1. The van der Waals surface area contributed by atoms with Crippen molar-refractivity contribution < 1.29 is 41.5 Å². The highest BCUT2D eigenvalue weighted by atomic mass is 35.5. The van der Waals surface area contributed by atoms with E-state index in [1.165, 1.54) is 44.0 Å². The van der Waals surface area contributed by atoms with Gasteiger partial charge in [-0.15, -0.1) is 0 Å². The van der Waals surface area contributed by atoms with Crippen LogP contribution >= 0.6 is 46.4 Å². The molecule has 4 amide bonds. The number of carbonyl (C=O) groups is 4. The van der Waals surface area contributed by atoms with Gasteiger partial charge < -0.3 is 50.2 Å². The van der Waals surface area contributed by atoms with Crippen LogP contribution in [-0.2, 0) is 56.1 Å². The summed E-state index contributed by atoms with van der Waals surface area (Å²) in [4.78, 5) is 100. The molecule has 4 aromatic carbocycles. The lowest BCUT2D eigenvalue weighted by atomic mass is 9.85. The van der Waals surface area contributed by atoms with Crippen molar-refractivity contribution in [3.63, 3.8) is 0 Å². The van der Waals surface area contributed by atoms with Crippen LogP contribution in [0, 0.1) is 78.7 Å². The first-order chi connectivity index (χ1) is 71.4. The smallest absolute Gasteiger partial charge is 0.242 e. The van der Waals surface area contributed by atoms with E-state index < -0.39 is 0 Å². The van der Waals surface area contributed by atoms with Gasteiger partial charge in [-0.1, -0.05) is 70.7 Å². The Labute approximate surface area is 878 Å². The van der Waals surface area contributed by atoms with E-state index in [0.29, 0.717) is 178 Å². The molecule has 20 rings (SSSR count). The lowest BCUT2D eigenvalue weighted by molar-refractivity contribution is -0.135. The zero-order valence-corrected chi connectivity index (χ0v) is 87.6. The minimum absolute atomic E-state index is 0.118. The summed E-state index contributed by atoms with van der Waals surface area (Å²) in [6.45, 7) is 30.2. The van der Waals surface area contributed by atoms with E-state index in [1.807, 2.05) is 153 Å². The molecule has 0 unspecified atom stereocenters. The van der Waals surface area contributed by atoms with Crippen LogP contribution in [-0.4, -0.2) is 268 Å². The quantitative estimate of drug-likeness (QED) is 0.0211. The number of hydrogen-bond donors (Lipinski definition) is 8. The number of benzene rings is 4. The van der Waals surface area contributed by atoms with Crippen LogP contribution in [0.4, 0.5) is 64.1 Å². The normalized spacial score (nSPS) is 16.2. The van der Waals surface area contributed by atoms with Crippen LogP contribution in [0.1, 0.15) is 207 Å². The van der Waals surface area contributed by atoms with Gasteiger partial charge in [0, 0.05) is 151 Å².